The van der Waals surface area contributed by atoms with Crippen LogP contribution < -0.4 is 0 Å². The van der Waals surface area contributed by atoms with Crippen LogP contribution in [0.25, 0.3) is 0 Å². The molecule has 2 heteroatoms. The van der Waals surface area contributed by atoms with Gasteiger partial charge < -0.3 is 0 Å². The average molecular weight is 278 g/mol. The Bertz CT molecular complexity index is 135. The van der Waals surface area contributed by atoms with Crippen molar-refractivity contribution in [2.45, 2.75) is 13.8 Å². The van der Waals surface area contributed by atoms with E-state index in [-0.39, 0.29) is 0 Å². The molecular weight excluding hydrogens is 270 g/mol. The van der Waals surface area contributed by atoms with Gasteiger partial charge in [0.15, 0.2) is 0 Å². The van der Waals surface area contributed by atoms with E-state index in [0.29, 0.717) is 0 Å². The molecule has 0 amide bonds. The van der Waals surface area contributed by atoms with Crippen molar-refractivity contribution < 1.29 is 19.4 Å². The van der Waals surface area contributed by atoms with Crippen molar-refractivity contribution in [2.24, 2.45) is 4.99 Å². The average Bonchev–Trinajstić information content (AvgIpc) is 1.65. The quantitative estimate of drug-likeness (QED) is 0.532. The SMILES string of the molecule is [CH-]=N/C(C)=C\[C](C)=[W]. The molecule has 0 aliphatic rings. The van der Waals surface area contributed by atoms with Crippen LogP contribution in [-0.4, -0.2) is 10.6 Å². The molecule has 0 bridgehead atoms. The number of hydrogen-bond acceptors (Lipinski definition) is 1. The van der Waals surface area contributed by atoms with Gasteiger partial charge in [-0.1, -0.05) is 0 Å². The molecule has 0 saturated heterocycles. The summed E-state index contributed by atoms with van der Waals surface area (Å²) in [5.41, 5.74) is 0.887. The van der Waals surface area contributed by atoms with Crippen molar-refractivity contribution in [3.05, 3.63) is 11.8 Å². The third kappa shape index (κ3) is 4.14. The predicted octanol–water partition coefficient (Wildman–Crippen LogP) is 1.21. The van der Waals surface area contributed by atoms with E-state index in [9.17, 15) is 0 Å². The summed E-state index contributed by atoms with van der Waals surface area (Å²) in [6.07, 6.45) is 1.97. The Morgan fingerprint density at radius 1 is 1.62 bits per heavy atom. The molecule has 0 radical (unpaired) electrons. The Labute approximate surface area is 60.9 Å². The number of aliphatic imine (C=N–C) groups is 1. The molecule has 0 heterocycles. The minimum absolute atomic E-state index is 0.887. The molecule has 0 rings (SSSR count). The number of allylic oxidation sites excluding steroid dienone is 2. The van der Waals surface area contributed by atoms with E-state index in [1.807, 2.05) is 19.9 Å². The summed E-state index contributed by atoms with van der Waals surface area (Å²) < 4.78 is 1.30. The molecule has 44 valence electrons. The maximum absolute atomic E-state index is 4.97. The van der Waals surface area contributed by atoms with Crippen molar-refractivity contribution in [3.63, 3.8) is 0 Å². The zero-order chi connectivity index (χ0) is 6.57. The van der Waals surface area contributed by atoms with Crippen LogP contribution in [0.5, 0.6) is 0 Å². The van der Waals surface area contributed by atoms with Gasteiger partial charge >= 0.3 is 60.6 Å². The summed E-state index contributed by atoms with van der Waals surface area (Å²) in [4.78, 5) is 3.48. The van der Waals surface area contributed by atoms with Gasteiger partial charge in [-0.15, -0.1) is 0 Å². The standard InChI is InChI=1S/C6H8N.W/c1-4-5-6(2)7-3;/h3,5H,1-2H3;/q-1;/b6-5-;. The number of nitrogens with zero attached hydrogens (tertiary/aromatic N) is 1. The molecule has 1 nitrogen and oxygen atoms in total. The molecule has 0 aliphatic heterocycles. The first kappa shape index (κ1) is 7.97. The fourth-order valence-electron chi connectivity index (χ4n) is 0.331. The maximum atomic E-state index is 4.97. The van der Waals surface area contributed by atoms with Gasteiger partial charge in [-0.3, -0.25) is 0 Å². The van der Waals surface area contributed by atoms with Crippen molar-refractivity contribution in [3.8, 4) is 0 Å². The van der Waals surface area contributed by atoms with Crippen LogP contribution in [0.3, 0.4) is 0 Å². The Hall–Kier alpha value is -0.0317. The zero-order valence-electron chi connectivity index (χ0n) is 5.01. The molecule has 0 unspecified atom stereocenters. The summed E-state index contributed by atoms with van der Waals surface area (Å²) in [5.74, 6) is 0. The molecule has 0 aromatic rings. The minimum atomic E-state index is 0.887. The number of hydrogen-bond donors (Lipinski definition) is 0. The van der Waals surface area contributed by atoms with E-state index in [0.717, 1.165) is 5.70 Å². The van der Waals surface area contributed by atoms with Crippen molar-refractivity contribution in [1.82, 2.24) is 0 Å². The zero-order valence-corrected chi connectivity index (χ0v) is 7.94. The Morgan fingerprint density at radius 2 is 2.12 bits per heavy atom. The second kappa shape index (κ2) is 3.91. The van der Waals surface area contributed by atoms with Crippen molar-refractivity contribution in [1.29, 1.82) is 0 Å². The van der Waals surface area contributed by atoms with Gasteiger partial charge in [-0.05, 0) is 0 Å². The second-order valence-electron chi connectivity index (χ2n) is 1.53. The third-order valence-corrected chi connectivity index (χ3v) is 1.04. The molecule has 0 N–H and O–H groups in total. The van der Waals surface area contributed by atoms with Crippen LogP contribution in [0.1, 0.15) is 13.8 Å². The van der Waals surface area contributed by atoms with Crippen LogP contribution in [0, 0.1) is 0 Å². The molecule has 0 spiro atoms. The van der Waals surface area contributed by atoms with Crippen LogP contribution in [0.2, 0.25) is 0 Å². The van der Waals surface area contributed by atoms with E-state index in [1.165, 1.54) is 23.3 Å². The van der Waals surface area contributed by atoms with E-state index in [4.69, 9.17) is 6.72 Å². The van der Waals surface area contributed by atoms with Crippen LogP contribution in [0.15, 0.2) is 16.8 Å². The van der Waals surface area contributed by atoms with Gasteiger partial charge in [0, 0.05) is 0 Å². The fraction of sp³-hybridized carbons (Fsp3) is 0.333. The molecule has 0 atom stereocenters. The van der Waals surface area contributed by atoms with Crippen molar-refractivity contribution >= 4 is 10.6 Å². The Morgan fingerprint density at radius 3 is 2.25 bits per heavy atom. The van der Waals surface area contributed by atoms with E-state index in [2.05, 4.69) is 4.99 Å². The summed E-state index contributed by atoms with van der Waals surface area (Å²) in [6, 6.07) is 0. The Balaban J connectivity index is 3.94. The van der Waals surface area contributed by atoms with Crippen molar-refractivity contribution in [2.75, 3.05) is 0 Å². The second-order valence-corrected chi connectivity index (χ2v) is 3.84. The van der Waals surface area contributed by atoms with Gasteiger partial charge in [0.25, 0.3) is 0 Å². The molecule has 0 aliphatic carbocycles. The van der Waals surface area contributed by atoms with Crippen LogP contribution in [0.4, 0.5) is 0 Å². The van der Waals surface area contributed by atoms with E-state index < -0.39 is 0 Å². The molecular formula is C6H8NW-. The predicted molar refractivity (Wildman–Crippen MR) is 32.9 cm³/mol. The van der Waals surface area contributed by atoms with Gasteiger partial charge in [0.2, 0.25) is 0 Å². The summed E-state index contributed by atoms with van der Waals surface area (Å²) in [5, 5.41) is 0. The van der Waals surface area contributed by atoms with Gasteiger partial charge in [0.05, 0.1) is 0 Å². The first-order chi connectivity index (χ1) is 3.66. The van der Waals surface area contributed by atoms with Gasteiger partial charge in [0.1, 0.15) is 0 Å². The summed E-state index contributed by atoms with van der Waals surface area (Å²) in [7, 11) is 0. The summed E-state index contributed by atoms with van der Waals surface area (Å²) >= 11 is 1.46. The molecule has 8 heavy (non-hydrogen) atoms. The van der Waals surface area contributed by atoms with Crippen LogP contribution >= 0.6 is 0 Å². The van der Waals surface area contributed by atoms with Gasteiger partial charge in [-0.2, -0.15) is 0 Å². The van der Waals surface area contributed by atoms with Gasteiger partial charge in [-0.25, -0.2) is 0 Å². The monoisotopic (exact) mass is 278 g/mol. The molecule has 0 aromatic heterocycles. The topological polar surface area (TPSA) is 12.4 Å². The summed E-state index contributed by atoms with van der Waals surface area (Å²) in [6.45, 7) is 8.90. The fourth-order valence-corrected chi connectivity index (χ4v) is 0.944. The molecule has 0 aromatic carbocycles. The number of rotatable bonds is 2. The molecule has 0 saturated carbocycles. The Kier molecular flexibility index (Phi) is 3.89. The first-order valence-corrected chi connectivity index (χ1v) is 3.73. The van der Waals surface area contributed by atoms with Crippen LogP contribution in [-0.2, 0) is 19.4 Å². The molecule has 0 fully saturated rings. The van der Waals surface area contributed by atoms with E-state index in [1.54, 1.807) is 0 Å². The third-order valence-electron chi connectivity index (χ3n) is 0.616. The first-order valence-electron chi connectivity index (χ1n) is 2.26. The van der Waals surface area contributed by atoms with E-state index >= 15 is 0 Å². The normalized spacial score (nSPS) is 11.0.